The fourth-order valence-corrected chi connectivity index (χ4v) is 3.01. The lowest BCUT2D eigenvalue weighted by Crippen LogP contribution is -2.44. The molecule has 0 spiro atoms. The Balaban J connectivity index is 2.00. The van der Waals surface area contributed by atoms with Gasteiger partial charge in [-0.3, -0.25) is 4.79 Å². The molecule has 1 amide bonds. The van der Waals surface area contributed by atoms with Crippen molar-refractivity contribution < 1.29 is 4.79 Å². The molecule has 0 radical (unpaired) electrons. The van der Waals surface area contributed by atoms with Crippen LogP contribution >= 0.6 is 11.6 Å². The molecule has 3 nitrogen and oxygen atoms in total. The van der Waals surface area contributed by atoms with E-state index in [0.717, 1.165) is 31.2 Å². The van der Waals surface area contributed by atoms with E-state index in [-0.39, 0.29) is 23.9 Å². The lowest BCUT2D eigenvalue weighted by atomic mass is 9.84. The summed E-state index contributed by atoms with van der Waals surface area (Å²) in [6, 6.07) is 7.50. The summed E-state index contributed by atoms with van der Waals surface area (Å²) >= 11 is 6.14. The Morgan fingerprint density at radius 3 is 2.74 bits per heavy atom. The van der Waals surface area contributed by atoms with Gasteiger partial charge in [0.1, 0.15) is 0 Å². The number of carbonyl (C=O) groups is 1. The van der Waals surface area contributed by atoms with Crippen molar-refractivity contribution in [2.45, 2.75) is 44.7 Å². The Hall–Kier alpha value is -1.06. The van der Waals surface area contributed by atoms with Crippen molar-refractivity contribution in [3.63, 3.8) is 0 Å². The SMILES string of the molecule is C[C@@H](NC(=O)C1CCCCC1N)c1ccccc1Cl. The Kier molecular flexibility index (Phi) is 4.83. The third-order valence-corrected chi connectivity index (χ3v) is 4.23. The quantitative estimate of drug-likeness (QED) is 0.894. The molecule has 3 atom stereocenters. The molecule has 1 fully saturated rings. The molecule has 0 bridgehead atoms. The average Bonchev–Trinajstić information content (AvgIpc) is 2.39. The van der Waals surface area contributed by atoms with Crippen molar-refractivity contribution in [2.24, 2.45) is 11.7 Å². The van der Waals surface area contributed by atoms with Crippen LogP contribution in [0.5, 0.6) is 0 Å². The molecular weight excluding hydrogens is 260 g/mol. The topological polar surface area (TPSA) is 55.1 Å². The smallest absolute Gasteiger partial charge is 0.225 e. The molecule has 0 aliphatic heterocycles. The summed E-state index contributed by atoms with van der Waals surface area (Å²) in [6.45, 7) is 1.95. The normalized spacial score (nSPS) is 24.8. The minimum absolute atomic E-state index is 0.00723. The molecule has 1 aliphatic rings. The van der Waals surface area contributed by atoms with Gasteiger partial charge in [0.15, 0.2) is 0 Å². The summed E-state index contributed by atoms with van der Waals surface area (Å²) in [4.78, 5) is 12.3. The van der Waals surface area contributed by atoms with Crippen LogP contribution in [0.25, 0.3) is 0 Å². The van der Waals surface area contributed by atoms with Crippen LogP contribution in [0, 0.1) is 5.92 Å². The standard InChI is InChI=1S/C15H21ClN2O/c1-10(11-6-2-4-8-13(11)16)18-15(19)12-7-3-5-9-14(12)17/h2,4,6,8,10,12,14H,3,5,7,9,17H2,1H3,(H,18,19)/t10-,12?,14?/m1/s1. The minimum atomic E-state index is -0.0877. The Bertz CT molecular complexity index is 450. The first-order valence-electron chi connectivity index (χ1n) is 6.90. The zero-order chi connectivity index (χ0) is 13.8. The lowest BCUT2D eigenvalue weighted by molar-refractivity contribution is -0.127. The van der Waals surface area contributed by atoms with Gasteiger partial charge in [-0.05, 0) is 31.4 Å². The van der Waals surface area contributed by atoms with Crippen LogP contribution in [0.1, 0.15) is 44.2 Å². The van der Waals surface area contributed by atoms with Gasteiger partial charge in [-0.25, -0.2) is 0 Å². The number of nitrogens with two attached hydrogens (primary N) is 1. The van der Waals surface area contributed by atoms with Gasteiger partial charge in [0.05, 0.1) is 12.0 Å². The highest BCUT2D eigenvalue weighted by Gasteiger charge is 2.29. The van der Waals surface area contributed by atoms with Crippen LogP contribution < -0.4 is 11.1 Å². The summed E-state index contributed by atoms with van der Waals surface area (Å²) in [6.07, 6.45) is 4.05. The molecule has 2 rings (SSSR count). The summed E-state index contributed by atoms with van der Waals surface area (Å²) < 4.78 is 0. The van der Waals surface area contributed by atoms with Crippen LogP contribution in [0.3, 0.4) is 0 Å². The summed E-state index contributed by atoms with van der Waals surface area (Å²) in [5.74, 6) is -0.00157. The number of nitrogens with one attached hydrogen (secondary N) is 1. The molecule has 0 heterocycles. The summed E-state index contributed by atoms with van der Waals surface area (Å²) in [5, 5.41) is 3.72. The van der Waals surface area contributed by atoms with Gasteiger partial charge in [-0.2, -0.15) is 0 Å². The molecule has 1 aliphatic carbocycles. The second-order valence-electron chi connectivity index (χ2n) is 5.31. The zero-order valence-corrected chi connectivity index (χ0v) is 12.0. The van der Waals surface area contributed by atoms with E-state index in [9.17, 15) is 4.79 Å². The molecule has 1 aromatic rings. The highest BCUT2D eigenvalue weighted by molar-refractivity contribution is 6.31. The fourth-order valence-electron chi connectivity index (χ4n) is 2.71. The van der Waals surface area contributed by atoms with E-state index in [2.05, 4.69) is 5.32 Å². The van der Waals surface area contributed by atoms with Gasteiger partial charge < -0.3 is 11.1 Å². The van der Waals surface area contributed by atoms with Gasteiger partial charge in [-0.15, -0.1) is 0 Å². The van der Waals surface area contributed by atoms with Gasteiger partial charge >= 0.3 is 0 Å². The van der Waals surface area contributed by atoms with Gasteiger partial charge in [0.25, 0.3) is 0 Å². The monoisotopic (exact) mass is 280 g/mol. The van der Waals surface area contributed by atoms with Crippen molar-refractivity contribution in [1.29, 1.82) is 0 Å². The number of halogens is 1. The molecule has 2 unspecified atom stereocenters. The predicted molar refractivity (Wildman–Crippen MR) is 77.9 cm³/mol. The van der Waals surface area contributed by atoms with E-state index >= 15 is 0 Å². The van der Waals surface area contributed by atoms with Crippen LogP contribution in [0.2, 0.25) is 5.02 Å². The van der Waals surface area contributed by atoms with Gasteiger partial charge in [-0.1, -0.05) is 42.6 Å². The van der Waals surface area contributed by atoms with Crippen molar-refractivity contribution in [3.8, 4) is 0 Å². The molecule has 104 valence electrons. The van der Waals surface area contributed by atoms with Gasteiger partial charge in [0, 0.05) is 11.1 Å². The second kappa shape index (κ2) is 6.40. The van der Waals surface area contributed by atoms with Crippen molar-refractivity contribution in [2.75, 3.05) is 0 Å². The Labute approximate surface area is 119 Å². The minimum Gasteiger partial charge on any atom is -0.349 e. The molecule has 3 N–H and O–H groups in total. The first kappa shape index (κ1) is 14.4. The number of benzene rings is 1. The summed E-state index contributed by atoms with van der Waals surface area (Å²) in [5.41, 5.74) is 6.98. The van der Waals surface area contributed by atoms with Crippen LogP contribution in [-0.2, 0) is 4.79 Å². The number of carbonyl (C=O) groups excluding carboxylic acids is 1. The number of rotatable bonds is 3. The molecule has 19 heavy (non-hydrogen) atoms. The van der Waals surface area contributed by atoms with E-state index < -0.39 is 0 Å². The Morgan fingerprint density at radius 2 is 2.05 bits per heavy atom. The predicted octanol–water partition coefficient (Wildman–Crippen LogP) is 3.03. The van der Waals surface area contributed by atoms with E-state index in [0.29, 0.717) is 5.02 Å². The lowest BCUT2D eigenvalue weighted by Gasteiger charge is -2.29. The average molecular weight is 281 g/mol. The van der Waals surface area contributed by atoms with Gasteiger partial charge in [0.2, 0.25) is 5.91 Å². The van der Waals surface area contributed by atoms with E-state index in [1.165, 1.54) is 0 Å². The van der Waals surface area contributed by atoms with E-state index in [4.69, 9.17) is 17.3 Å². The second-order valence-corrected chi connectivity index (χ2v) is 5.71. The Morgan fingerprint density at radius 1 is 1.37 bits per heavy atom. The largest absolute Gasteiger partial charge is 0.349 e. The highest BCUT2D eigenvalue weighted by Crippen LogP contribution is 2.26. The molecule has 1 aromatic carbocycles. The van der Waals surface area contributed by atoms with Crippen molar-refractivity contribution >= 4 is 17.5 Å². The summed E-state index contributed by atoms with van der Waals surface area (Å²) in [7, 11) is 0. The number of amides is 1. The van der Waals surface area contributed by atoms with E-state index in [1.807, 2.05) is 31.2 Å². The maximum Gasteiger partial charge on any atom is 0.225 e. The maximum atomic E-state index is 12.3. The fraction of sp³-hybridized carbons (Fsp3) is 0.533. The first-order chi connectivity index (χ1) is 9.09. The van der Waals surface area contributed by atoms with Crippen LogP contribution in [0.4, 0.5) is 0 Å². The number of hydrogen-bond donors (Lipinski definition) is 2. The van der Waals surface area contributed by atoms with Crippen LogP contribution in [-0.4, -0.2) is 11.9 Å². The molecule has 0 saturated heterocycles. The molecular formula is C15H21ClN2O. The van der Waals surface area contributed by atoms with Crippen molar-refractivity contribution in [1.82, 2.24) is 5.32 Å². The maximum absolute atomic E-state index is 12.3. The third-order valence-electron chi connectivity index (χ3n) is 3.89. The molecule has 0 aromatic heterocycles. The number of hydrogen-bond acceptors (Lipinski definition) is 2. The highest BCUT2D eigenvalue weighted by atomic mass is 35.5. The molecule has 1 saturated carbocycles. The van der Waals surface area contributed by atoms with Crippen LogP contribution in [0.15, 0.2) is 24.3 Å². The third kappa shape index (κ3) is 3.48. The molecule has 4 heteroatoms. The zero-order valence-electron chi connectivity index (χ0n) is 11.2. The van der Waals surface area contributed by atoms with E-state index in [1.54, 1.807) is 0 Å². The van der Waals surface area contributed by atoms with Crippen molar-refractivity contribution in [3.05, 3.63) is 34.9 Å². The first-order valence-corrected chi connectivity index (χ1v) is 7.27.